The first-order chi connectivity index (χ1) is 12.4. The van der Waals surface area contributed by atoms with Crippen LogP contribution in [-0.4, -0.2) is 34.4 Å². The van der Waals surface area contributed by atoms with Crippen LogP contribution in [0.15, 0.2) is 36.4 Å². The molecule has 136 valence electrons. The molecule has 7 heteroatoms. The predicted octanol–water partition coefficient (Wildman–Crippen LogP) is 3.74. The van der Waals surface area contributed by atoms with Gasteiger partial charge in [0.1, 0.15) is 6.04 Å². The molecule has 0 saturated carbocycles. The van der Waals surface area contributed by atoms with Crippen molar-refractivity contribution < 1.29 is 18.4 Å². The predicted molar refractivity (Wildman–Crippen MR) is 98.2 cm³/mol. The molecule has 4 nitrogen and oxygen atoms in total. The highest BCUT2D eigenvalue weighted by Gasteiger charge is 2.36. The van der Waals surface area contributed by atoms with Crippen molar-refractivity contribution in [2.45, 2.75) is 19.9 Å². The van der Waals surface area contributed by atoms with E-state index in [2.05, 4.69) is 5.32 Å². The Morgan fingerprint density at radius 3 is 2.65 bits per heavy atom. The van der Waals surface area contributed by atoms with Crippen LogP contribution < -0.4 is 5.32 Å². The summed E-state index contributed by atoms with van der Waals surface area (Å²) in [6.45, 7) is 3.92. The van der Waals surface area contributed by atoms with Crippen LogP contribution in [0.2, 0.25) is 0 Å². The standard InChI is InChI=1S/C19H18F2N2O2S/c1-11-6-7-13(8-12(11)2)22-18(24)16-9-26-10-23(16)19(25)14-4-3-5-15(20)17(14)21/h3-8,16H,9-10H2,1-2H3,(H,22,24). The van der Waals surface area contributed by atoms with E-state index in [1.807, 2.05) is 26.0 Å². The zero-order chi connectivity index (χ0) is 18.8. The first kappa shape index (κ1) is 18.4. The van der Waals surface area contributed by atoms with Crippen molar-refractivity contribution >= 4 is 29.3 Å². The molecule has 0 radical (unpaired) electrons. The second-order valence-corrected chi connectivity index (χ2v) is 7.18. The average molecular weight is 376 g/mol. The van der Waals surface area contributed by atoms with Crippen molar-refractivity contribution in [1.82, 2.24) is 4.90 Å². The Bertz CT molecular complexity index is 873. The highest BCUT2D eigenvalue weighted by atomic mass is 32.2. The third-order valence-corrected chi connectivity index (χ3v) is 5.41. The van der Waals surface area contributed by atoms with Crippen LogP contribution in [-0.2, 0) is 4.79 Å². The molecule has 1 fully saturated rings. The Hall–Kier alpha value is -2.41. The molecule has 2 amide bonds. The number of rotatable bonds is 3. The fourth-order valence-electron chi connectivity index (χ4n) is 2.73. The van der Waals surface area contributed by atoms with Gasteiger partial charge < -0.3 is 10.2 Å². The van der Waals surface area contributed by atoms with E-state index >= 15 is 0 Å². The molecule has 1 aliphatic heterocycles. The van der Waals surface area contributed by atoms with E-state index in [9.17, 15) is 18.4 Å². The number of aryl methyl sites for hydroxylation is 2. The van der Waals surface area contributed by atoms with Crippen LogP contribution in [0.25, 0.3) is 0 Å². The van der Waals surface area contributed by atoms with Gasteiger partial charge >= 0.3 is 0 Å². The maximum Gasteiger partial charge on any atom is 0.258 e. The number of carbonyl (C=O) groups excluding carboxylic acids is 2. The molecule has 1 saturated heterocycles. The number of hydrogen-bond donors (Lipinski definition) is 1. The molecule has 2 aromatic rings. The molecule has 0 aliphatic carbocycles. The van der Waals surface area contributed by atoms with Crippen LogP contribution in [0.5, 0.6) is 0 Å². The van der Waals surface area contributed by atoms with E-state index in [-0.39, 0.29) is 17.3 Å². The number of nitrogens with one attached hydrogen (secondary N) is 1. The van der Waals surface area contributed by atoms with Crippen molar-refractivity contribution in [3.05, 3.63) is 64.7 Å². The molecule has 1 N–H and O–H groups in total. The lowest BCUT2D eigenvalue weighted by Crippen LogP contribution is -2.44. The molecule has 2 aromatic carbocycles. The van der Waals surface area contributed by atoms with E-state index in [1.54, 1.807) is 6.07 Å². The molecular formula is C19H18F2N2O2S. The Labute approximate surface area is 154 Å². The lowest BCUT2D eigenvalue weighted by atomic mass is 10.1. The van der Waals surface area contributed by atoms with Gasteiger partial charge in [0, 0.05) is 11.4 Å². The van der Waals surface area contributed by atoms with Crippen LogP contribution in [0.4, 0.5) is 14.5 Å². The lowest BCUT2D eigenvalue weighted by molar-refractivity contribution is -0.119. The van der Waals surface area contributed by atoms with Gasteiger partial charge in [-0.25, -0.2) is 8.78 Å². The highest BCUT2D eigenvalue weighted by Crippen LogP contribution is 2.26. The topological polar surface area (TPSA) is 49.4 Å². The summed E-state index contributed by atoms with van der Waals surface area (Å²) in [7, 11) is 0. The quantitative estimate of drug-likeness (QED) is 0.888. The van der Waals surface area contributed by atoms with Gasteiger partial charge in [-0.15, -0.1) is 11.8 Å². The molecule has 0 spiro atoms. The van der Waals surface area contributed by atoms with E-state index in [1.165, 1.54) is 28.8 Å². The molecule has 1 unspecified atom stereocenters. The number of benzene rings is 2. The SMILES string of the molecule is Cc1ccc(NC(=O)C2CSCN2C(=O)c2cccc(F)c2F)cc1C. The van der Waals surface area contributed by atoms with Gasteiger partial charge in [-0.2, -0.15) is 0 Å². The lowest BCUT2D eigenvalue weighted by Gasteiger charge is -2.23. The van der Waals surface area contributed by atoms with Crippen molar-refractivity contribution in [1.29, 1.82) is 0 Å². The molecule has 1 heterocycles. The van der Waals surface area contributed by atoms with Gasteiger partial charge in [0.15, 0.2) is 11.6 Å². The van der Waals surface area contributed by atoms with E-state index in [4.69, 9.17) is 0 Å². The molecule has 1 aliphatic rings. The van der Waals surface area contributed by atoms with Gasteiger partial charge in [0.05, 0.1) is 11.4 Å². The maximum absolute atomic E-state index is 13.9. The monoisotopic (exact) mass is 376 g/mol. The van der Waals surface area contributed by atoms with Crippen LogP contribution in [0, 0.1) is 25.5 Å². The van der Waals surface area contributed by atoms with Crippen molar-refractivity contribution in [2.24, 2.45) is 0 Å². The molecule has 3 rings (SSSR count). The number of halogens is 2. The first-order valence-corrected chi connectivity index (χ1v) is 9.25. The van der Waals surface area contributed by atoms with Crippen LogP contribution in [0.1, 0.15) is 21.5 Å². The zero-order valence-electron chi connectivity index (χ0n) is 14.4. The van der Waals surface area contributed by atoms with Crippen LogP contribution >= 0.6 is 11.8 Å². The normalized spacial score (nSPS) is 16.6. The van der Waals surface area contributed by atoms with Crippen molar-refractivity contribution in [2.75, 3.05) is 16.9 Å². The van der Waals surface area contributed by atoms with Gasteiger partial charge in [-0.05, 0) is 49.2 Å². The van der Waals surface area contributed by atoms with E-state index in [0.717, 1.165) is 17.2 Å². The Kier molecular flexibility index (Phi) is 5.27. The van der Waals surface area contributed by atoms with Crippen LogP contribution in [0.3, 0.4) is 0 Å². The minimum absolute atomic E-state index is 0.250. The number of amides is 2. The molecule has 26 heavy (non-hydrogen) atoms. The van der Waals surface area contributed by atoms with Gasteiger partial charge in [0.2, 0.25) is 5.91 Å². The smallest absolute Gasteiger partial charge is 0.258 e. The zero-order valence-corrected chi connectivity index (χ0v) is 15.2. The molecule has 0 bridgehead atoms. The molecular weight excluding hydrogens is 358 g/mol. The summed E-state index contributed by atoms with van der Waals surface area (Å²) in [6, 6.07) is 8.26. The Balaban J connectivity index is 1.78. The number of hydrogen-bond acceptors (Lipinski definition) is 3. The van der Waals surface area contributed by atoms with Gasteiger partial charge in [0.25, 0.3) is 5.91 Å². The number of thioether (sulfide) groups is 1. The third-order valence-electron chi connectivity index (χ3n) is 4.40. The van der Waals surface area contributed by atoms with Gasteiger partial charge in [-0.1, -0.05) is 12.1 Å². The summed E-state index contributed by atoms with van der Waals surface area (Å²) in [5.41, 5.74) is 2.42. The minimum atomic E-state index is -1.19. The van der Waals surface area contributed by atoms with Crippen molar-refractivity contribution in [3.8, 4) is 0 Å². The summed E-state index contributed by atoms with van der Waals surface area (Å²) < 4.78 is 27.3. The van der Waals surface area contributed by atoms with E-state index in [0.29, 0.717) is 11.4 Å². The highest BCUT2D eigenvalue weighted by molar-refractivity contribution is 7.99. The fourth-order valence-corrected chi connectivity index (χ4v) is 3.88. The number of anilines is 1. The number of nitrogens with zero attached hydrogens (tertiary/aromatic N) is 1. The Morgan fingerprint density at radius 1 is 1.15 bits per heavy atom. The summed E-state index contributed by atoms with van der Waals surface area (Å²) in [4.78, 5) is 26.5. The second-order valence-electron chi connectivity index (χ2n) is 6.18. The van der Waals surface area contributed by atoms with Crippen molar-refractivity contribution in [3.63, 3.8) is 0 Å². The summed E-state index contributed by atoms with van der Waals surface area (Å²) in [5, 5.41) is 2.80. The largest absolute Gasteiger partial charge is 0.324 e. The summed E-state index contributed by atoms with van der Waals surface area (Å²) >= 11 is 1.40. The van der Waals surface area contributed by atoms with Gasteiger partial charge in [-0.3, -0.25) is 9.59 Å². The molecule has 1 atom stereocenters. The first-order valence-electron chi connectivity index (χ1n) is 8.09. The summed E-state index contributed by atoms with van der Waals surface area (Å²) in [6.07, 6.45) is 0. The maximum atomic E-state index is 13.9. The third kappa shape index (κ3) is 3.58. The Morgan fingerprint density at radius 2 is 1.92 bits per heavy atom. The number of carbonyl (C=O) groups is 2. The second kappa shape index (κ2) is 7.45. The average Bonchev–Trinajstić information content (AvgIpc) is 3.10. The summed E-state index contributed by atoms with van der Waals surface area (Å²) in [5.74, 6) is -2.66. The fraction of sp³-hybridized carbons (Fsp3) is 0.263. The molecule has 0 aromatic heterocycles. The minimum Gasteiger partial charge on any atom is -0.324 e. The van der Waals surface area contributed by atoms with E-state index < -0.39 is 23.6 Å².